The van der Waals surface area contributed by atoms with Gasteiger partial charge < -0.3 is 14.7 Å². The van der Waals surface area contributed by atoms with Gasteiger partial charge in [-0.25, -0.2) is 0 Å². The summed E-state index contributed by atoms with van der Waals surface area (Å²) < 4.78 is 6.21. The van der Waals surface area contributed by atoms with Gasteiger partial charge in [0.15, 0.2) is 0 Å². The summed E-state index contributed by atoms with van der Waals surface area (Å²) in [4.78, 5) is 14.4. The Morgan fingerprint density at radius 1 is 1.39 bits per heavy atom. The SMILES string of the molecule is Cc1oncc1C(=O)NCC(c1csc2ccccc12)N(C)C. The summed E-state index contributed by atoms with van der Waals surface area (Å²) in [5.41, 5.74) is 1.72. The van der Waals surface area contributed by atoms with Crippen molar-refractivity contribution in [1.82, 2.24) is 15.4 Å². The lowest BCUT2D eigenvalue weighted by Crippen LogP contribution is -2.34. The van der Waals surface area contributed by atoms with Gasteiger partial charge in [-0.3, -0.25) is 4.79 Å². The molecule has 0 aliphatic carbocycles. The predicted molar refractivity (Wildman–Crippen MR) is 91.8 cm³/mol. The Balaban J connectivity index is 1.80. The second-order valence-corrected chi connectivity index (χ2v) is 6.58. The maximum atomic E-state index is 12.3. The molecule has 0 aliphatic heterocycles. The van der Waals surface area contributed by atoms with Gasteiger partial charge in [0, 0.05) is 11.2 Å². The third-order valence-electron chi connectivity index (χ3n) is 3.94. The van der Waals surface area contributed by atoms with E-state index in [2.05, 4.69) is 32.9 Å². The number of nitrogens with one attached hydrogen (secondary N) is 1. The molecule has 1 amide bonds. The van der Waals surface area contributed by atoms with Crippen LogP contribution >= 0.6 is 11.3 Å². The minimum atomic E-state index is -0.157. The van der Waals surface area contributed by atoms with Crippen molar-refractivity contribution >= 4 is 27.3 Å². The van der Waals surface area contributed by atoms with Crippen LogP contribution in [0.4, 0.5) is 0 Å². The van der Waals surface area contributed by atoms with E-state index < -0.39 is 0 Å². The molecule has 0 radical (unpaired) electrons. The number of thiophene rings is 1. The first-order valence-electron chi connectivity index (χ1n) is 7.40. The van der Waals surface area contributed by atoms with Crippen molar-refractivity contribution in [2.24, 2.45) is 0 Å². The fourth-order valence-electron chi connectivity index (χ4n) is 2.63. The van der Waals surface area contributed by atoms with Crippen molar-refractivity contribution in [3.8, 4) is 0 Å². The van der Waals surface area contributed by atoms with E-state index in [1.165, 1.54) is 21.8 Å². The molecule has 120 valence electrons. The molecule has 0 saturated heterocycles. The van der Waals surface area contributed by atoms with Crippen LogP contribution in [0, 0.1) is 6.92 Å². The molecule has 3 aromatic rings. The minimum Gasteiger partial charge on any atom is -0.361 e. The van der Waals surface area contributed by atoms with Crippen LogP contribution < -0.4 is 5.32 Å². The highest BCUT2D eigenvalue weighted by atomic mass is 32.1. The minimum absolute atomic E-state index is 0.107. The summed E-state index contributed by atoms with van der Waals surface area (Å²) in [6.45, 7) is 2.26. The highest BCUT2D eigenvalue weighted by Gasteiger charge is 2.20. The molecule has 3 rings (SSSR count). The maximum Gasteiger partial charge on any atom is 0.256 e. The van der Waals surface area contributed by atoms with E-state index in [1.807, 2.05) is 26.2 Å². The van der Waals surface area contributed by atoms with E-state index in [9.17, 15) is 4.79 Å². The van der Waals surface area contributed by atoms with Gasteiger partial charge in [0.25, 0.3) is 5.91 Å². The van der Waals surface area contributed by atoms with Crippen LogP contribution in [0.25, 0.3) is 10.1 Å². The third kappa shape index (κ3) is 3.13. The number of likely N-dealkylation sites (N-methyl/N-ethyl adjacent to an activating group) is 1. The van der Waals surface area contributed by atoms with Crippen LogP contribution in [-0.4, -0.2) is 36.6 Å². The number of fused-ring (bicyclic) bond motifs is 1. The zero-order chi connectivity index (χ0) is 16.4. The second kappa shape index (κ2) is 6.52. The predicted octanol–water partition coefficient (Wildman–Crippen LogP) is 3.23. The average molecular weight is 329 g/mol. The van der Waals surface area contributed by atoms with Gasteiger partial charge in [-0.15, -0.1) is 11.3 Å². The van der Waals surface area contributed by atoms with Crippen LogP contribution in [-0.2, 0) is 0 Å². The van der Waals surface area contributed by atoms with Crippen LogP contribution in [0.5, 0.6) is 0 Å². The molecule has 0 spiro atoms. The molecular formula is C17H19N3O2S. The highest BCUT2D eigenvalue weighted by molar-refractivity contribution is 7.17. The van der Waals surface area contributed by atoms with Gasteiger partial charge >= 0.3 is 0 Å². The lowest BCUT2D eigenvalue weighted by Gasteiger charge is -2.24. The van der Waals surface area contributed by atoms with Crippen LogP contribution in [0.2, 0.25) is 0 Å². The first-order valence-corrected chi connectivity index (χ1v) is 8.28. The number of carbonyl (C=O) groups excluding carboxylic acids is 1. The molecule has 0 saturated carbocycles. The van der Waals surface area contributed by atoms with Crippen molar-refractivity contribution in [2.45, 2.75) is 13.0 Å². The quantitative estimate of drug-likeness (QED) is 0.781. The molecule has 2 aromatic heterocycles. The normalized spacial score (nSPS) is 12.7. The number of carbonyl (C=O) groups is 1. The van der Waals surface area contributed by atoms with Crippen molar-refractivity contribution in [3.05, 3.63) is 52.7 Å². The molecule has 0 bridgehead atoms. The molecule has 1 unspecified atom stereocenters. The Morgan fingerprint density at radius 3 is 2.87 bits per heavy atom. The van der Waals surface area contributed by atoms with Crippen molar-refractivity contribution < 1.29 is 9.32 Å². The van der Waals surface area contributed by atoms with Crippen molar-refractivity contribution in [3.63, 3.8) is 0 Å². The number of rotatable bonds is 5. The molecule has 2 heterocycles. The van der Waals surface area contributed by atoms with E-state index in [4.69, 9.17) is 4.52 Å². The Hall–Kier alpha value is -2.18. The van der Waals surface area contributed by atoms with E-state index in [0.29, 0.717) is 17.9 Å². The fourth-order valence-corrected chi connectivity index (χ4v) is 3.64. The van der Waals surface area contributed by atoms with E-state index in [0.717, 1.165) is 0 Å². The number of amides is 1. The zero-order valence-corrected chi connectivity index (χ0v) is 14.2. The van der Waals surface area contributed by atoms with Crippen LogP contribution in [0.15, 0.2) is 40.4 Å². The van der Waals surface area contributed by atoms with Gasteiger partial charge in [-0.2, -0.15) is 0 Å². The Kier molecular flexibility index (Phi) is 4.45. The summed E-state index contributed by atoms with van der Waals surface area (Å²) >= 11 is 1.73. The number of hydrogen-bond donors (Lipinski definition) is 1. The third-order valence-corrected chi connectivity index (χ3v) is 4.93. The number of benzene rings is 1. The molecule has 6 heteroatoms. The first kappa shape index (κ1) is 15.7. The lowest BCUT2D eigenvalue weighted by molar-refractivity contribution is 0.0940. The van der Waals surface area contributed by atoms with E-state index >= 15 is 0 Å². The number of hydrogen-bond acceptors (Lipinski definition) is 5. The topological polar surface area (TPSA) is 58.4 Å². The van der Waals surface area contributed by atoms with Gasteiger partial charge in [0.1, 0.15) is 11.3 Å². The number of nitrogens with zero attached hydrogens (tertiary/aromatic N) is 2. The second-order valence-electron chi connectivity index (χ2n) is 5.67. The largest absolute Gasteiger partial charge is 0.361 e. The molecule has 1 N–H and O–H groups in total. The van der Waals surface area contributed by atoms with Crippen molar-refractivity contribution in [2.75, 3.05) is 20.6 Å². The molecule has 0 fully saturated rings. The molecule has 0 aliphatic rings. The summed E-state index contributed by atoms with van der Waals surface area (Å²) in [6.07, 6.45) is 1.45. The van der Waals surface area contributed by atoms with Gasteiger partial charge in [-0.05, 0) is 43.4 Å². The van der Waals surface area contributed by atoms with Crippen LogP contribution in [0.1, 0.15) is 27.7 Å². The first-order chi connectivity index (χ1) is 11.1. The fraction of sp³-hybridized carbons (Fsp3) is 0.294. The maximum absolute atomic E-state index is 12.3. The molecular weight excluding hydrogens is 310 g/mol. The monoisotopic (exact) mass is 329 g/mol. The molecule has 1 atom stereocenters. The average Bonchev–Trinajstić information content (AvgIpc) is 3.14. The van der Waals surface area contributed by atoms with Crippen molar-refractivity contribution in [1.29, 1.82) is 0 Å². The standard InChI is InChI=1S/C17H19N3O2S/c1-11-13(8-19-22-11)17(21)18-9-15(20(2)3)14-10-23-16-7-5-4-6-12(14)16/h4-8,10,15H,9H2,1-3H3,(H,18,21). The van der Waals surface area contributed by atoms with E-state index in [1.54, 1.807) is 18.3 Å². The Bertz CT molecular complexity index is 822. The Morgan fingerprint density at radius 2 is 2.17 bits per heavy atom. The molecule has 1 aromatic carbocycles. The Labute approximate surface area is 138 Å². The van der Waals surface area contributed by atoms with Gasteiger partial charge in [0.05, 0.1) is 12.2 Å². The summed E-state index contributed by atoms with van der Waals surface area (Å²) in [5.74, 6) is 0.375. The molecule has 5 nitrogen and oxygen atoms in total. The highest BCUT2D eigenvalue weighted by Crippen LogP contribution is 2.32. The lowest BCUT2D eigenvalue weighted by atomic mass is 10.0. The number of aromatic nitrogens is 1. The molecule has 23 heavy (non-hydrogen) atoms. The number of aryl methyl sites for hydroxylation is 1. The van der Waals surface area contributed by atoms with Gasteiger partial charge in [-0.1, -0.05) is 23.4 Å². The van der Waals surface area contributed by atoms with Crippen LogP contribution in [0.3, 0.4) is 0 Å². The van der Waals surface area contributed by atoms with Gasteiger partial charge in [0.2, 0.25) is 0 Å². The summed E-state index contributed by atoms with van der Waals surface area (Å²) in [6, 6.07) is 8.45. The van der Waals surface area contributed by atoms with E-state index in [-0.39, 0.29) is 11.9 Å². The smallest absolute Gasteiger partial charge is 0.256 e. The zero-order valence-electron chi connectivity index (χ0n) is 13.4. The summed E-state index contributed by atoms with van der Waals surface area (Å²) in [7, 11) is 4.04. The summed E-state index contributed by atoms with van der Waals surface area (Å²) in [5, 5.41) is 10.1.